The third kappa shape index (κ3) is 3.90. The minimum Gasteiger partial charge on any atom is -0.467 e. The second-order valence-electron chi connectivity index (χ2n) is 5.54. The molecule has 5 nitrogen and oxygen atoms in total. The van der Waals surface area contributed by atoms with Crippen molar-refractivity contribution >= 4 is 5.91 Å². The zero-order valence-electron chi connectivity index (χ0n) is 13.3. The Kier molecular flexibility index (Phi) is 4.74. The summed E-state index contributed by atoms with van der Waals surface area (Å²) in [4.78, 5) is 12.0. The van der Waals surface area contributed by atoms with Gasteiger partial charge in [-0.3, -0.25) is 9.48 Å². The Labute approximate surface area is 139 Å². The lowest BCUT2D eigenvalue weighted by atomic mass is 10.0. The maximum Gasteiger partial charge on any atom is 0.220 e. The molecule has 0 spiro atoms. The zero-order chi connectivity index (χ0) is 16.9. The molecule has 0 atom stereocenters. The maximum atomic E-state index is 13.1. The number of carbonyl (C=O) groups excluding carboxylic acids is 1. The summed E-state index contributed by atoms with van der Waals surface area (Å²) in [6.07, 6.45) is 4.37. The molecule has 0 radical (unpaired) electrons. The van der Waals surface area contributed by atoms with Gasteiger partial charge >= 0.3 is 0 Å². The van der Waals surface area contributed by atoms with E-state index in [9.17, 15) is 9.18 Å². The van der Waals surface area contributed by atoms with Crippen molar-refractivity contribution in [3.05, 3.63) is 66.0 Å². The van der Waals surface area contributed by atoms with Crippen LogP contribution < -0.4 is 5.32 Å². The van der Waals surface area contributed by atoms with E-state index in [1.165, 1.54) is 12.1 Å². The molecule has 0 bridgehead atoms. The van der Waals surface area contributed by atoms with Crippen molar-refractivity contribution in [3.63, 3.8) is 0 Å². The van der Waals surface area contributed by atoms with Crippen molar-refractivity contribution in [2.45, 2.75) is 19.4 Å². The SMILES string of the molecule is Cn1cc(CCC(=O)NCc2ccco2)c(-c2ccc(F)cc2)n1. The van der Waals surface area contributed by atoms with Gasteiger partial charge in [-0.15, -0.1) is 0 Å². The van der Waals surface area contributed by atoms with Crippen LogP contribution in [0.4, 0.5) is 4.39 Å². The van der Waals surface area contributed by atoms with Crippen molar-refractivity contribution in [3.8, 4) is 11.3 Å². The average molecular weight is 327 g/mol. The van der Waals surface area contributed by atoms with Crippen LogP contribution in [0.2, 0.25) is 0 Å². The van der Waals surface area contributed by atoms with Crippen molar-refractivity contribution < 1.29 is 13.6 Å². The lowest BCUT2D eigenvalue weighted by molar-refractivity contribution is -0.121. The largest absolute Gasteiger partial charge is 0.467 e. The van der Waals surface area contributed by atoms with Crippen LogP contribution in [-0.4, -0.2) is 15.7 Å². The average Bonchev–Trinajstić information content (AvgIpc) is 3.21. The molecule has 3 aromatic rings. The van der Waals surface area contributed by atoms with E-state index < -0.39 is 0 Å². The van der Waals surface area contributed by atoms with Crippen molar-refractivity contribution in [1.29, 1.82) is 0 Å². The molecule has 6 heteroatoms. The van der Waals surface area contributed by atoms with Crippen LogP contribution in [0.3, 0.4) is 0 Å². The molecule has 0 unspecified atom stereocenters. The molecule has 2 aromatic heterocycles. The van der Waals surface area contributed by atoms with Gasteiger partial charge in [0.1, 0.15) is 11.6 Å². The van der Waals surface area contributed by atoms with Gasteiger partial charge in [0.25, 0.3) is 0 Å². The highest BCUT2D eigenvalue weighted by Crippen LogP contribution is 2.23. The molecular weight excluding hydrogens is 309 g/mol. The van der Waals surface area contributed by atoms with E-state index in [4.69, 9.17) is 4.42 Å². The number of carbonyl (C=O) groups is 1. The molecule has 0 aliphatic heterocycles. The molecular formula is C18H18FN3O2. The highest BCUT2D eigenvalue weighted by molar-refractivity contribution is 5.76. The molecule has 2 heterocycles. The number of furan rings is 1. The molecule has 0 saturated carbocycles. The predicted molar refractivity (Wildman–Crippen MR) is 87.5 cm³/mol. The van der Waals surface area contributed by atoms with Gasteiger partial charge in [0.05, 0.1) is 18.5 Å². The number of hydrogen-bond acceptors (Lipinski definition) is 3. The number of aryl methyl sites for hydroxylation is 2. The summed E-state index contributed by atoms with van der Waals surface area (Å²) in [5.74, 6) is 0.380. The van der Waals surface area contributed by atoms with Crippen LogP contribution >= 0.6 is 0 Å². The smallest absolute Gasteiger partial charge is 0.220 e. The van der Waals surface area contributed by atoms with E-state index in [1.54, 1.807) is 29.1 Å². The second-order valence-corrected chi connectivity index (χ2v) is 5.54. The lowest BCUT2D eigenvalue weighted by Crippen LogP contribution is -2.22. The third-order valence-corrected chi connectivity index (χ3v) is 3.68. The first-order valence-electron chi connectivity index (χ1n) is 7.69. The Balaban J connectivity index is 1.62. The number of hydrogen-bond donors (Lipinski definition) is 1. The molecule has 3 rings (SSSR count). The molecule has 0 saturated heterocycles. The van der Waals surface area contributed by atoms with Gasteiger partial charge in [0.2, 0.25) is 5.91 Å². The van der Waals surface area contributed by atoms with E-state index in [2.05, 4.69) is 10.4 Å². The van der Waals surface area contributed by atoms with E-state index in [-0.39, 0.29) is 11.7 Å². The summed E-state index contributed by atoms with van der Waals surface area (Å²) < 4.78 is 20.0. The molecule has 0 aliphatic carbocycles. The molecule has 1 N–H and O–H groups in total. The molecule has 24 heavy (non-hydrogen) atoms. The van der Waals surface area contributed by atoms with E-state index >= 15 is 0 Å². The molecule has 1 aromatic carbocycles. The first kappa shape index (κ1) is 16.0. The Morgan fingerprint density at radius 3 is 2.79 bits per heavy atom. The summed E-state index contributed by atoms with van der Waals surface area (Å²) in [6.45, 7) is 0.379. The Morgan fingerprint density at radius 1 is 1.29 bits per heavy atom. The number of nitrogens with one attached hydrogen (secondary N) is 1. The van der Waals surface area contributed by atoms with Gasteiger partial charge in [0, 0.05) is 25.2 Å². The third-order valence-electron chi connectivity index (χ3n) is 3.68. The van der Waals surface area contributed by atoms with E-state index in [0.29, 0.717) is 19.4 Å². The quantitative estimate of drug-likeness (QED) is 0.757. The Hall–Kier alpha value is -2.89. The summed E-state index contributed by atoms with van der Waals surface area (Å²) in [6, 6.07) is 9.80. The monoisotopic (exact) mass is 327 g/mol. The Bertz CT molecular complexity index is 807. The fourth-order valence-electron chi connectivity index (χ4n) is 2.51. The fourth-order valence-corrected chi connectivity index (χ4v) is 2.51. The van der Waals surface area contributed by atoms with Gasteiger partial charge < -0.3 is 9.73 Å². The van der Waals surface area contributed by atoms with Gasteiger partial charge in [0.15, 0.2) is 0 Å². The molecule has 124 valence electrons. The van der Waals surface area contributed by atoms with Crippen LogP contribution in [0.15, 0.2) is 53.3 Å². The second kappa shape index (κ2) is 7.12. The standard InChI is InChI=1S/C18H18FN3O2/c1-22-12-14(18(21-22)13-4-7-15(19)8-5-13)6-9-17(23)20-11-16-3-2-10-24-16/h2-5,7-8,10,12H,6,9,11H2,1H3,(H,20,23). The topological polar surface area (TPSA) is 60.1 Å². The van der Waals surface area contributed by atoms with Crippen LogP contribution in [0.1, 0.15) is 17.7 Å². The lowest BCUT2D eigenvalue weighted by Gasteiger charge is -2.04. The van der Waals surface area contributed by atoms with Gasteiger partial charge in [-0.1, -0.05) is 0 Å². The number of halogens is 1. The highest BCUT2D eigenvalue weighted by atomic mass is 19.1. The van der Waals surface area contributed by atoms with Crippen LogP contribution in [0.5, 0.6) is 0 Å². The van der Waals surface area contributed by atoms with Crippen molar-refractivity contribution in [2.24, 2.45) is 7.05 Å². The summed E-state index contributed by atoms with van der Waals surface area (Å²) in [5.41, 5.74) is 2.57. The molecule has 0 fully saturated rings. The van der Waals surface area contributed by atoms with Crippen LogP contribution in [0, 0.1) is 5.82 Å². The van der Waals surface area contributed by atoms with Gasteiger partial charge in [-0.2, -0.15) is 5.10 Å². The Morgan fingerprint density at radius 2 is 2.08 bits per heavy atom. The molecule has 0 aliphatic rings. The highest BCUT2D eigenvalue weighted by Gasteiger charge is 2.12. The number of aromatic nitrogens is 2. The number of nitrogens with zero attached hydrogens (tertiary/aromatic N) is 2. The fraction of sp³-hybridized carbons (Fsp3) is 0.222. The molecule has 1 amide bonds. The summed E-state index contributed by atoms with van der Waals surface area (Å²) in [7, 11) is 1.83. The summed E-state index contributed by atoms with van der Waals surface area (Å²) >= 11 is 0. The van der Waals surface area contributed by atoms with Crippen LogP contribution in [-0.2, 0) is 24.8 Å². The maximum absolute atomic E-state index is 13.1. The number of benzene rings is 1. The normalized spacial score (nSPS) is 10.8. The minimum absolute atomic E-state index is 0.0553. The van der Waals surface area contributed by atoms with Crippen molar-refractivity contribution in [2.75, 3.05) is 0 Å². The van der Waals surface area contributed by atoms with E-state index in [0.717, 1.165) is 22.6 Å². The van der Waals surface area contributed by atoms with Gasteiger partial charge in [-0.25, -0.2) is 4.39 Å². The van der Waals surface area contributed by atoms with E-state index in [1.807, 2.05) is 19.3 Å². The number of rotatable bonds is 6. The van der Waals surface area contributed by atoms with Crippen LogP contribution in [0.25, 0.3) is 11.3 Å². The van der Waals surface area contributed by atoms with Gasteiger partial charge in [-0.05, 0) is 48.4 Å². The summed E-state index contributed by atoms with van der Waals surface area (Å²) in [5, 5.41) is 7.24. The van der Waals surface area contributed by atoms with Crippen molar-refractivity contribution in [1.82, 2.24) is 15.1 Å². The first-order valence-corrected chi connectivity index (χ1v) is 7.69. The first-order chi connectivity index (χ1) is 11.6. The predicted octanol–water partition coefficient (Wildman–Crippen LogP) is 3.07. The number of amides is 1. The minimum atomic E-state index is -0.284. The zero-order valence-corrected chi connectivity index (χ0v) is 13.3.